The van der Waals surface area contributed by atoms with Gasteiger partial charge in [0.05, 0.1) is 5.02 Å². The van der Waals surface area contributed by atoms with Gasteiger partial charge in [-0.05, 0) is 56.7 Å². The average Bonchev–Trinajstić information content (AvgIpc) is 3.20. The zero-order valence-corrected chi connectivity index (χ0v) is 19.3. The number of likely N-dealkylation sites (tertiary alicyclic amines) is 1. The van der Waals surface area contributed by atoms with Crippen LogP contribution in [0.25, 0.3) is 0 Å². The number of benzene rings is 1. The first-order chi connectivity index (χ1) is 14.8. The summed E-state index contributed by atoms with van der Waals surface area (Å²) in [5.41, 5.74) is 0.333. The zero-order chi connectivity index (χ0) is 22.2. The first-order valence-electron chi connectivity index (χ1n) is 10.6. The van der Waals surface area contributed by atoms with Crippen LogP contribution in [0.3, 0.4) is 0 Å². The van der Waals surface area contributed by atoms with Crippen molar-refractivity contribution in [3.05, 3.63) is 40.5 Å². The smallest absolute Gasteiger partial charge is 0.253 e. The molecule has 0 saturated carbocycles. The van der Waals surface area contributed by atoms with Gasteiger partial charge in [-0.15, -0.1) is 0 Å². The minimum Gasteiger partial charge on any atom is -0.339 e. The molecular formula is C21H27ClN4O4S. The number of sulfonamides is 1. The molecule has 3 heterocycles. The highest BCUT2D eigenvalue weighted by molar-refractivity contribution is 7.89. The number of hydrogen-bond donors (Lipinski definition) is 0. The number of rotatable bonds is 4. The number of carbonyl (C=O) groups is 1. The Balaban J connectivity index is 1.49. The van der Waals surface area contributed by atoms with Crippen molar-refractivity contribution in [2.75, 3.05) is 26.2 Å². The van der Waals surface area contributed by atoms with Gasteiger partial charge in [0.25, 0.3) is 5.91 Å². The van der Waals surface area contributed by atoms with Gasteiger partial charge in [0.15, 0.2) is 5.82 Å². The lowest BCUT2D eigenvalue weighted by Crippen LogP contribution is -2.39. The molecule has 0 spiro atoms. The minimum absolute atomic E-state index is 0.00494. The number of aromatic nitrogens is 2. The molecule has 1 atom stereocenters. The van der Waals surface area contributed by atoms with Gasteiger partial charge in [0.1, 0.15) is 4.90 Å². The molecule has 0 aliphatic carbocycles. The van der Waals surface area contributed by atoms with E-state index in [0.717, 1.165) is 25.7 Å². The maximum atomic E-state index is 13.2. The quantitative estimate of drug-likeness (QED) is 0.684. The molecule has 0 radical (unpaired) electrons. The lowest BCUT2D eigenvalue weighted by Gasteiger charge is -2.31. The number of carbonyl (C=O) groups excluding carboxylic acids is 1. The standard InChI is InChI=1S/C21H27ClN4O4S/c1-14-4-3-9-26(13-14)31(28,29)19-12-17(5-6-18(19)22)21(27)25-10-7-16(8-11-25)20-23-15(2)24-30-20/h5-6,12,14,16H,3-4,7-11,13H2,1-2H3. The molecule has 2 aliphatic rings. The fraction of sp³-hybridized carbons (Fsp3) is 0.571. The zero-order valence-electron chi connectivity index (χ0n) is 17.8. The molecule has 1 aromatic carbocycles. The number of amides is 1. The summed E-state index contributed by atoms with van der Waals surface area (Å²) in [5, 5.41) is 3.98. The van der Waals surface area contributed by atoms with Crippen molar-refractivity contribution >= 4 is 27.5 Å². The van der Waals surface area contributed by atoms with E-state index in [2.05, 4.69) is 10.1 Å². The molecule has 31 heavy (non-hydrogen) atoms. The molecule has 2 aliphatic heterocycles. The fourth-order valence-electron chi connectivity index (χ4n) is 4.33. The molecule has 1 aromatic heterocycles. The number of hydrogen-bond acceptors (Lipinski definition) is 6. The van der Waals surface area contributed by atoms with Gasteiger partial charge in [0, 0.05) is 37.7 Å². The van der Waals surface area contributed by atoms with Gasteiger partial charge >= 0.3 is 0 Å². The van der Waals surface area contributed by atoms with E-state index in [-0.39, 0.29) is 21.7 Å². The van der Waals surface area contributed by atoms with Gasteiger partial charge in [0.2, 0.25) is 15.9 Å². The van der Waals surface area contributed by atoms with Crippen LogP contribution < -0.4 is 0 Å². The Morgan fingerprint density at radius 2 is 1.94 bits per heavy atom. The largest absolute Gasteiger partial charge is 0.339 e. The Morgan fingerprint density at radius 3 is 2.58 bits per heavy atom. The van der Waals surface area contributed by atoms with Gasteiger partial charge in [-0.25, -0.2) is 8.42 Å². The molecule has 0 N–H and O–H groups in total. The van der Waals surface area contributed by atoms with E-state index in [1.165, 1.54) is 16.4 Å². The summed E-state index contributed by atoms with van der Waals surface area (Å²) < 4.78 is 33.1. The first kappa shape index (κ1) is 22.2. The highest BCUT2D eigenvalue weighted by Gasteiger charge is 2.32. The molecule has 168 valence electrons. The van der Waals surface area contributed by atoms with E-state index in [4.69, 9.17) is 16.1 Å². The third-order valence-electron chi connectivity index (χ3n) is 6.09. The summed E-state index contributed by atoms with van der Waals surface area (Å²) >= 11 is 6.26. The van der Waals surface area contributed by atoms with Gasteiger partial charge in [-0.3, -0.25) is 4.79 Å². The maximum Gasteiger partial charge on any atom is 0.253 e. The highest BCUT2D eigenvalue weighted by Crippen LogP contribution is 2.31. The summed E-state index contributed by atoms with van der Waals surface area (Å²) in [4.78, 5) is 19.1. The lowest BCUT2D eigenvalue weighted by atomic mass is 9.96. The Hall–Kier alpha value is -1.97. The van der Waals surface area contributed by atoms with Crippen LogP contribution in [0.1, 0.15) is 60.6 Å². The third-order valence-corrected chi connectivity index (χ3v) is 8.44. The van der Waals surface area contributed by atoms with E-state index in [1.54, 1.807) is 17.9 Å². The highest BCUT2D eigenvalue weighted by atomic mass is 35.5. The van der Waals surface area contributed by atoms with Crippen LogP contribution in [0.5, 0.6) is 0 Å². The lowest BCUT2D eigenvalue weighted by molar-refractivity contribution is 0.0704. The number of piperidine rings is 2. The molecule has 2 fully saturated rings. The summed E-state index contributed by atoms with van der Waals surface area (Å²) in [5.74, 6) is 1.45. The van der Waals surface area contributed by atoms with Crippen molar-refractivity contribution in [3.8, 4) is 0 Å². The van der Waals surface area contributed by atoms with Gasteiger partial charge in [-0.1, -0.05) is 23.7 Å². The number of aryl methyl sites for hydroxylation is 1. The van der Waals surface area contributed by atoms with Crippen LogP contribution in [0.4, 0.5) is 0 Å². The fourth-order valence-corrected chi connectivity index (χ4v) is 6.43. The maximum absolute atomic E-state index is 13.2. The van der Waals surface area contributed by atoms with Crippen molar-refractivity contribution in [3.63, 3.8) is 0 Å². The van der Waals surface area contributed by atoms with Crippen LogP contribution in [-0.2, 0) is 10.0 Å². The van der Waals surface area contributed by atoms with Crippen molar-refractivity contribution in [1.82, 2.24) is 19.3 Å². The van der Waals surface area contributed by atoms with Crippen molar-refractivity contribution < 1.29 is 17.7 Å². The Labute approximate surface area is 187 Å². The summed E-state index contributed by atoms with van der Waals surface area (Å²) in [7, 11) is -3.75. The number of halogens is 1. The summed E-state index contributed by atoms with van der Waals surface area (Å²) in [6.45, 7) is 5.85. The molecule has 4 rings (SSSR count). The van der Waals surface area contributed by atoms with Gasteiger partial charge < -0.3 is 9.42 Å². The third kappa shape index (κ3) is 4.63. The van der Waals surface area contributed by atoms with E-state index in [1.807, 2.05) is 6.92 Å². The topological polar surface area (TPSA) is 96.6 Å². The van der Waals surface area contributed by atoms with E-state index >= 15 is 0 Å². The second kappa shape index (κ2) is 8.88. The molecule has 8 nitrogen and oxygen atoms in total. The second-order valence-electron chi connectivity index (χ2n) is 8.50. The summed E-state index contributed by atoms with van der Waals surface area (Å²) in [6, 6.07) is 4.52. The Bertz CT molecular complexity index is 1060. The van der Waals surface area contributed by atoms with E-state index < -0.39 is 10.0 Å². The normalized spacial score (nSPS) is 21.4. The molecule has 10 heteroatoms. The predicted octanol–water partition coefficient (Wildman–Crippen LogP) is 3.47. The van der Waals surface area contributed by atoms with E-state index in [0.29, 0.717) is 49.4 Å². The van der Waals surface area contributed by atoms with Crippen LogP contribution in [0.15, 0.2) is 27.6 Å². The SMILES string of the molecule is Cc1noc(C2CCN(C(=O)c3ccc(Cl)c(S(=O)(=O)N4CCCC(C)C4)c3)CC2)n1. The average molecular weight is 467 g/mol. The molecule has 0 bridgehead atoms. The van der Waals surface area contributed by atoms with E-state index in [9.17, 15) is 13.2 Å². The Morgan fingerprint density at radius 1 is 1.19 bits per heavy atom. The van der Waals surface area contributed by atoms with Crippen molar-refractivity contribution in [2.24, 2.45) is 5.92 Å². The number of nitrogens with zero attached hydrogens (tertiary/aromatic N) is 4. The molecule has 1 unspecified atom stereocenters. The van der Waals surface area contributed by atoms with Crippen molar-refractivity contribution in [2.45, 2.75) is 50.3 Å². The van der Waals surface area contributed by atoms with Gasteiger partial charge in [-0.2, -0.15) is 9.29 Å². The first-order valence-corrected chi connectivity index (χ1v) is 12.5. The van der Waals surface area contributed by atoms with Crippen LogP contribution in [-0.4, -0.2) is 59.8 Å². The van der Waals surface area contributed by atoms with Crippen molar-refractivity contribution in [1.29, 1.82) is 0 Å². The predicted molar refractivity (Wildman–Crippen MR) is 116 cm³/mol. The van der Waals surface area contributed by atoms with Crippen LogP contribution >= 0.6 is 11.6 Å². The van der Waals surface area contributed by atoms with Crippen LogP contribution in [0, 0.1) is 12.8 Å². The molecule has 1 amide bonds. The minimum atomic E-state index is -3.75. The second-order valence-corrected chi connectivity index (χ2v) is 10.8. The Kier molecular flexibility index (Phi) is 6.37. The monoisotopic (exact) mass is 466 g/mol. The van der Waals surface area contributed by atoms with Crippen LogP contribution in [0.2, 0.25) is 5.02 Å². The molecular weight excluding hydrogens is 440 g/mol. The summed E-state index contributed by atoms with van der Waals surface area (Å²) in [6.07, 6.45) is 3.28. The molecule has 2 saturated heterocycles. The molecule has 2 aromatic rings.